The Morgan fingerprint density at radius 1 is 1.33 bits per heavy atom. The maximum Gasteiger partial charge on any atom is 0.309 e. The van der Waals surface area contributed by atoms with E-state index in [0.29, 0.717) is 26.6 Å². The predicted molar refractivity (Wildman–Crippen MR) is 73.2 cm³/mol. The zero-order valence-corrected chi connectivity index (χ0v) is 11.3. The summed E-state index contributed by atoms with van der Waals surface area (Å²) < 4.78 is 0. The minimum Gasteiger partial charge on any atom is -0.481 e. The molecule has 0 radical (unpaired) electrons. The first-order valence-corrected chi connectivity index (χ1v) is 6.56. The summed E-state index contributed by atoms with van der Waals surface area (Å²) in [6.07, 6.45) is -0.0888. The number of nitrogens with zero attached hydrogens (tertiary/aromatic N) is 1. The molecule has 1 aromatic carbocycles. The first kappa shape index (κ1) is 13.1. The van der Waals surface area contributed by atoms with Crippen molar-refractivity contribution in [2.45, 2.75) is 6.42 Å². The molecule has 2 aromatic rings. The SMILES string of the molecule is O=C(O)Cc1csc(Nc2cc(Cl)cc(Cl)c2)n1. The molecule has 2 rings (SSSR count). The van der Waals surface area contributed by atoms with Crippen LogP contribution < -0.4 is 5.32 Å². The fraction of sp³-hybridized carbons (Fsp3) is 0.0909. The van der Waals surface area contributed by atoms with Crippen LogP contribution in [0.15, 0.2) is 23.6 Å². The van der Waals surface area contributed by atoms with Crippen LogP contribution in [0.4, 0.5) is 10.8 Å². The van der Waals surface area contributed by atoms with Crippen molar-refractivity contribution in [1.29, 1.82) is 0 Å². The molecule has 0 unspecified atom stereocenters. The molecule has 0 aliphatic rings. The number of hydrogen-bond acceptors (Lipinski definition) is 4. The van der Waals surface area contributed by atoms with Gasteiger partial charge in [-0.15, -0.1) is 11.3 Å². The maximum atomic E-state index is 10.5. The highest BCUT2D eigenvalue weighted by molar-refractivity contribution is 7.13. The molecule has 0 spiro atoms. The van der Waals surface area contributed by atoms with E-state index in [4.69, 9.17) is 28.3 Å². The third-order valence-corrected chi connectivity index (χ3v) is 3.24. The van der Waals surface area contributed by atoms with Crippen LogP contribution in [0.5, 0.6) is 0 Å². The number of carboxylic acid groups (broad SMARTS) is 1. The topological polar surface area (TPSA) is 62.2 Å². The van der Waals surface area contributed by atoms with Crippen molar-refractivity contribution in [3.8, 4) is 0 Å². The van der Waals surface area contributed by atoms with Crippen LogP contribution >= 0.6 is 34.5 Å². The summed E-state index contributed by atoms with van der Waals surface area (Å²) in [6.45, 7) is 0. The first-order chi connectivity index (χ1) is 8.52. The molecule has 0 saturated carbocycles. The van der Waals surface area contributed by atoms with Crippen LogP contribution in [0.25, 0.3) is 0 Å². The van der Waals surface area contributed by atoms with E-state index in [1.165, 1.54) is 11.3 Å². The lowest BCUT2D eigenvalue weighted by molar-refractivity contribution is -0.136. The second-order valence-electron chi connectivity index (χ2n) is 3.50. The lowest BCUT2D eigenvalue weighted by Crippen LogP contribution is -2.00. The van der Waals surface area contributed by atoms with Gasteiger partial charge < -0.3 is 10.4 Å². The van der Waals surface area contributed by atoms with Gasteiger partial charge in [-0.1, -0.05) is 23.2 Å². The van der Waals surface area contributed by atoms with Gasteiger partial charge in [0.05, 0.1) is 12.1 Å². The van der Waals surface area contributed by atoms with Gasteiger partial charge in [0.2, 0.25) is 0 Å². The molecule has 1 aromatic heterocycles. The van der Waals surface area contributed by atoms with E-state index in [2.05, 4.69) is 10.3 Å². The molecule has 1 heterocycles. The number of carboxylic acids is 1. The summed E-state index contributed by atoms with van der Waals surface area (Å²) in [7, 11) is 0. The molecule has 2 N–H and O–H groups in total. The van der Waals surface area contributed by atoms with E-state index in [0.717, 1.165) is 0 Å². The van der Waals surface area contributed by atoms with Crippen molar-refractivity contribution in [3.63, 3.8) is 0 Å². The molecule has 18 heavy (non-hydrogen) atoms. The molecule has 4 nitrogen and oxygen atoms in total. The number of aliphatic carboxylic acids is 1. The molecule has 0 atom stereocenters. The number of anilines is 2. The quantitative estimate of drug-likeness (QED) is 0.901. The van der Waals surface area contributed by atoms with E-state index >= 15 is 0 Å². The van der Waals surface area contributed by atoms with E-state index < -0.39 is 5.97 Å². The third kappa shape index (κ3) is 3.60. The lowest BCUT2D eigenvalue weighted by atomic mass is 10.3. The Morgan fingerprint density at radius 2 is 2.00 bits per heavy atom. The van der Waals surface area contributed by atoms with Gasteiger partial charge in [0.1, 0.15) is 0 Å². The number of rotatable bonds is 4. The number of benzene rings is 1. The second kappa shape index (κ2) is 5.56. The van der Waals surface area contributed by atoms with E-state index in [-0.39, 0.29) is 6.42 Å². The maximum absolute atomic E-state index is 10.5. The van der Waals surface area contributed by atoms with Gasteiger partial charge >= 0.3 is 5.97 Å². The van der Waals surface area contributed by atoms with Crippen LogP contribution in [-0.4, -0.2) is 16.1 Å². The zero-order chi connectivity index (χ0) is 13.1. The van der Waals surface area contributed by atoms with Crippen molar-refractivity contribution in [2.75, 3.05) is 5.32 Å². The Hall–Kier alpha value is -1.30. The van der Waals surface area contributed by atoms with Crippen molar-refractivity contribution >= 4 is 51.3 Å². The average molecular weight is 303 g/mol. The predicted octanol–water partition coefficient (Wildman–Crippen LogP) is 3.82. The van der Waals surface area contributed by atoms with Crippen LogP contribution in [0.3, 0.4) is 0 Å². The highest BCUT2D eigenvalue weighted by Gasteiger charge is 2.07. The highest BCUT2D eigenvalue weighted by Crippen LogP contribution is 2.26. The standard InChI is InChI=1S/C11H8Cl2N2O2S/c12-6-1-7(13)3-8(2-6)14-11-15-9(5-18-11)4-10(16)17/h1-3,5H,4H2,(H,14,15)(H,16,17). The third-order valence-electron chi connectivity index (χ3n) is 2.00. The Morgan fingerprint density at radius 3 is 2.61 bits per heavy atom. The largest absolute Gasteiger partial charge is 0.481 e. The first-order valence-electron chi connectivity index (χ1n) is 4.92. The Kier molecular flexibility index (Phi) is 4.06. The molecule has 0 fully saturated rings. The number of carbonyl (C=O) groups is 1. The summed E-state index contributed by atoms with van der Waals surface area (Å²) in [5, 5.41) is 15.0. The number of nitrogens with one attached hydrogen (secondary N) is 1. The van der Waals surface area contributed by atoms with Gasteiger partial charge in [-0.2, -0.15) is 0 Å². The molecular formula is C11H8Cl2N2O2S. The highest BCUT2D eigenvalue weighted by atomic mass is 35.5. The molecule has 94 valence electrons. The van der Waals surface area contributed by atoms with Gasteiger partial charge in [-0.25, -0.2) is 4.98 Å². The van der Waals surface area contributed by atoms with Crippen LogP contribution in [0, 0.1) is 0 Å². The Labute approximate surface area is 117 Å². The number of aromatic nitrogens is 1. The van der Waals surface area contributed by atoms with E-state index in [1.807, 2.05) is 0 Å². The normalized spacial score (nSPS) is 10.3. The molecule has 0 bridgehead atoms. The van der Waals surface area contributed by atoms with Gasteiger partial charge in [0.25, 0.3) is 0 Å². The Balaban J connectivity index is 2.13. The van der Waals surface area contributed by atoms with Crippen molar-refractivity contribution in [2.24, 2.45) is 0 Å². The fourth-order valence-corrected chi connectivity index (χ4v) is 2.61. The number of thiazole rings is 1. The molecule has 0 saturated heterocycles. The van der Waals surface area contributed by atoms with Gasteiger partial charge in [-0.3, -0.25) is 4.79 Å². The van der Waals surface area contributed by atoms with E-state index in [1.54, 1.807) is 23.6 Å². The summed E-state index contributed by atoms with van der Waals surface area (Å²) in [4.78, 5) is 14.7. The van der Waals surface area contributed by atoms with Crippen LogP contribution in [0.1, 0.15) is 5.69 Å². The minimum atomic E-state index is -0.905. The molecule has 0 aliphatic carbocycles. The molecular weight excluding hydrogens is 295 g/mol. The summed E-state index contributed by atoms with van der Waals surface area (Å²) in [6, 6.07) is 5.06. The lowest BCUT2D eigenvalue weighted by Gasteiger charge is -2.03. The van der Waals surface area contributed by atoms with Crippen molar-refractivity contribution in [3.05, 3.63) is 39.3 Å². The van der Waals surface area contributed by atoms with Crippen molar-refractivity contribution < 1.29 is 9.90 Å². The Bertz CT molecular complexity index is 566. The average Bonchev–Trinajstić information content (AvgIpc) is 2.62. The molecule has 7 heteroatoms. The van der Waals surface area contributed by atoms with E-state index in [9.17, 15) is 4.79 Å². The second-order valence-corrected chi connectivity index (χ2v) is 5.23. The zero-order valence-electron chi connectivity index (χ0n) is 8.98. The smallest absolute Gasteiger partial charge is 0.309 e. The van der Waals surface area contributed by atoms with Gasteiger partial charge in [-0.05, 0) is 18.2 Å². The number of hydrogen-bond donors (Lipinski definition) is 2. The van der Waals surface area contributed by atoms with Crippen LogP contribution in [0.2, 0.25) is 10.0 Å². The monoisotopic (exact) mass is 302 g/mol. The molecule has 0 amide bonds. The van der Waals surface area contributed by atoms with Crippen LogP contribution in [-0.2, 0) is 11.2 Å². The van der Waals surface area contributed by atoms with Crippen molar-refractivity contribution in [1.82, 2.24) is 4.98 Å². The summed E-state index contributed by atoms with van der Waals surface area (Å²) in [5.74, 6) is -0.905. The summed E-state index contributed by atoms with van der Waals surface area (Å²) >= 11 is 13.1. The summed E-state index contributed by atoms with van der Waals surface area (Å²) in [5.41, 5.74) is 1.23. The number of halogens is 2. The minimum absolute atomic E-state index is 0.0888. The van der Waals surface area contributed by atoms with Gasteiger partial charge in [0.15, 0.2) is 5.13 Å². The van der Waals surface area contributed by atoms with Gasteiger partial charge in [0, 0.05) is 21.1 Å². The fourth-order valence-electron chi connectivity index (χ4n) is 1.35. The molecule has 0 aliphatic heterocycles.